The van der Waals surface area contributed by atoms with Crippen molar-refractivity contribution < 1.29 is 22.8 Å². The third-order valence-corrected chi connectivity index (χ3v) is 12.4. The fourth-order valence-corrected chi connectivity index (χ4v) is 9.19. The number of sulfone groups is 1. The lowest BCUT2D eigenvalue weighted by molar-refractivity contribution is -0.145. The second-order valence-electron chi connectivity index (χ2n) is 12.8. The Morgan fingerprint density at radius 2 is 1.76 bits per heavy atom. The molecule has 8 rings (SSSR count). The van der Waals surface area contributed by atoms with Gasteiger partial charge in [-0.05, 0) is 107 Å². The first-order valence-electron chi connectivity index (χ1n) is 16.9. The van der Waals surface area contributed by atoms with Crippen LogP contribution in [-0.2, 0) is 43.5 Å². The van der Waals surface area contributed by atoms with Crippen LogP contribution in [0.5, 0.6) is 0 Å². The number of nitrogens with two attached hydrogens (primary N) is 1. The summed E-state index contributed by atoms with van der Waals surface area (Å²) >= 11 is 1.88. The molecular weight excluding hydrogens is 653 g/mol. The van der Waals surface area contributed by atoms with Crippen molar-refractivity contribution in [2.24, 2.45) is 5.73 Å². The Labute approximate surface area is 292 Å². The number of benzene rings is 3. The molecule has 2 atom stereocenters. The van der Waals surface area contributed by atoms with Gasteiger partial charge in [0.15, 0.2) is 16.1 Å². The highest BCUT2D eigenvalue weighted by atomic mass is 32.2. The zero-order chi connectivity index (χ0) is 33.8. The molecule has 7 nitrogen and oxygen atoms in total. The molecular formula is C40H40N2O5S2. The van der Waals surface area contributed by atoms with Crippen molar-refractivity contribution in [2.45, 2.75) is 62.9 Å². The number of ether oxygens (including phenoxy) is 1. The highest BCUT2D eigenvalue weighted by Crippen LogP contribution is 2.42. The number of hydrogen-bond acceptors (Lipinski definition) is 7. The van der Waals surface area contributed by atoms with Gasteiger partial charge in [-0.2, -0.15) is 0 Å². The maximum atomic E-state index is 11.2. The van der Waals surface area contributed by atoms with Gasteiger partial charge in [-0.1, -0.05) is 72.8 Å². The monoisotopic (exact) mass is 692 g/mol. The Morgan fingerprint density at radius 1 is 0.898 bits per heavy atom. The summed E-state index contributed by atoms with van der Waals surface area (Å²) in [4.78, 5) is 18.9. The Kier molecular flexibility index (Phi) is 9.96. The summed E-state index contributed by atoms with van der Waals surface area (Å²) in [6.45, 7) is 0.779. The number of rotatable bonds is 7. The van der Waals surface area contributed by atoms with Crippen molar-refractivity contribution in [1.29, 1.82) is 0 Å². The first-order valence-corrected chi connectivity index (χ1v) is 19.3. The normalized spacial score (nSPS) is 20.1. The van der Waals surface area contributed by atoms with E-state index in [1.807, 2.05) is 17.4 Å². The van der Waals surface area contributed by atoms with Crippen LogP contribution in [0.2, 0.25) is 0 Å². The third kappa shape index (κ3) is 7.65. The molecule has 4 aliphatic rings. The molecule has 3 heterocycles. The van der Waals surface area contributed by atoms with E-state index in [9.17, 15) is 13.2 Å². The number of fused-ring (bicyclic) bond motifs is 5. The van der Waals surface area contributed by atoms with Crippen LogP contribution in [0.1, 0.15) is 59.2 Å². The van der Waals surface area contributed by atoms with Crippen LogP contribution in [0.4, 0.5) is 5.69 Å². The van der Waals surface area contributed by atoms with E-state index in [-0.39, 0.29) is 12.7 Å². The molecule has 2 unspecified atom stereocenters. The fraction of sp³-hybridized carbons (Fsp3) is 0.275. The van der Waals surface area contributed by atoms with Gasteiger partial charge in [0.1, 0.15) is 0 Å². The summed E-state index contributed by atoms with van der Waals surface area (Å²) in [6.07, 6.45) is 14.3. The Hall–Kier alpha value is -4.28. The molecule has 0 radical (unpaired) electrons. The van der Waals surface area contributed by atoms with Crippen molar-refractivity contribution in [3.8, 4) is 21.6 Å². The maximum Gasteiger partial charge on any atom is 0.219 e. The zero-order valence-corrected chi connectivity index (χ0v) is 28.9. The standard InChI is InChI=1S/C33H31NO2S.C7H9NO3S/c1-2-9-27-22(6-1)11-15-30-28-14-13-25(20-23(28)12-16-29(27)30)32-18-17-31(37-32)24-7-5-8-26(21-24)34-36-33-10-3-4-19-35-33;8-7(9)5-6-3-1-2-4-12(6,10)11/h1-2,5-9,12,16-18,20-21,33-34H,3-4,10-11,13-15,19H2;1-4,6H,5H2,(H2,8,9). The number of amides is 1. The number of nitrogens with one attached hydrogen (secondary N) is 1. The van der Waals surface area contributed by atoms with Gasteiger partial charge in [0.05, 0.1) is 10.9 Å². The number of thiophene rings is 1. The Morgan fingerprint density at radius 3 is 2.59 bits per heavy atom. The molecule has 252 valence electrons. The molecule has 1 aromatic heterocycles. The largest absolute Gasteiger partial charge is 0.370 e. The number of anilines is 1. The van der Waals surface area contributed by atoms with Crippen molar-refractivity contribution in [1.82, 2.24) is 0 Å². The van der Waals surface area contributed by atoms with E-state index < -0.39 is 21.0 Å². The number of aryl methyl sites for hydroxylation is 1. The van der Waals surface area contributed by atoms with E-state index in [0.717, 1.165) is 62.6 Å². The fourth-order valence-electron chi connectivity index (χ4n) is 6.93. The highest BCUT2D eigenvalue weighted by molar-refractivity contribution is 7.95. The molecule has 2 aliphatic heterocycles. The topological polar surface area (TPSA) is 108 Å². The van der Waals surface area contributed by atoms with Gasteiger partial charge >= 0.3 is 0 Å². The molecule has 3 N–H and O–H groups in total. The number of carbonyl (C=O) groups excluding carboxylic acids is 1. The van der Waals surface area contributed by atoms with Crippen LogP contribution in [0, 0.1) is 0 Å². The van der Waals surface area contributed by atoms with Gasteiger partial charge in [-0.3, -0.25) is 10.3 Å². The van der Waals surface area contributed by atoms with Crippen molar-refractivity contribution in [3.63, 3.8) is 0 Å². The Bertz CT molecular complexity index is 2050. The highest BCUT2D eigenvalue weighted by Gasteiger charge is 2.24. The molecule has 1 fully saturated rings. The number of allylic oxidation sites excluding steroid dienone is 3. The summed E-state index contributed by atoms with van der Waals surface area (Å²) in [5.41, 5.74) is 20.5. The van der Waals surface area contributed by atoms with Crippen LogP contribution < -0.4 is 11.2 Å². The molecule has 0 spiro atoms. The van der Waals surface area contributed by atoms with Crippen LogP contribution in [-0.4, -0.2) is 32.5 Å². The van der Waals surface area contributed by atoms with E-state index in [0.29, 0.717) is 0 Å². The quantitative estimate of drug-likeness (QED) is 0.189. The number of hydrogen-bond donors (Lipinski definition) is 2. The molecule has 9 heteroatoms. The summed E-state index contributed by atoms with van der Waals surface area (Å²) in [6, 6.07) is 26.6. The summed E-state index contributed by atoms with van der Waals surface area (Å²) in [5, 5.41) is 0.306. The van der Waals surface area contributed by atoms with Crippen LogP contribution in [0.3, 0.4) is 0 Å². The minimum absolute atomic E-state index is 0.150. The molecule has 1 amide bonds. The number of primary amides is 1. The average Bonchev–Trinajstić information content (AvgIpc) is 3.63. The molecule has 4 aromatic rings. The van der Waals surface area contributed by atoms with E-state index in [4.69, 9.17) is 15.3 Å². The molecule has 2 aliphatic carbocycles. The zero-order valence-electron chi connectivity index (χ0n) is 27.3. The molecule has 0 bridgehead atoms. The number of carbonyl (C=O) groups is 1. The van der Waals surface area contributed by atoms with E-state index in [1.165, 1.54) is 55.3 Å². The molecule has 1 saturated heterocycles. The van der Waals surface area contributed by atoms with Crippen LogP contribution in [0.25, 0.3) is 33.2 Å². The predicted octanol–water partition coefficient (Wildman–Crippen LogP) is 8.27. The second-order valence-corrected chi connectivity index (χ2v) is 15.9. The SMILES string of the molecule is C1=C(c2ccc(-c3cccc(NOC4CCCCO4)c3)s2)CCc2c1ccc1c2CCc2ccccc2-1.NC(=O)CC1C=CC=CS1(=O)=O. The van der Waals surface area contributed by atoms with Crippen LogP contribution >= 0.6 is 11.3 Å². The predicted molar refractivity (Wildman–Crippen MR) is 198 cm³/mol. The maximum absolute atomic E-state index is 11.2. The van der Waals surface area contributed by atoms with E-state index in [1.54, 1.807) is 17.2 Å². The van der Waals surface area contributed by atoms with Crippen molar-refractivity contribution >= 4 is 44.4 Å². The van der Waals surface area contributed by atoms with Gasteiger partial charge in [0.25, 0.3) is 0 Å². The van der Waals surface area contributed by atoms with E-state index >= 15 is 0 Å². The molecule has 3 aromatic carbocycles. The van der Waals surface area contributed by atoms with Gasteiger partial charge in [-0.25, -0.2) is 13.3 Å². The molecule has 49 heavy (non-hydrogen) atoms. The summed E-state index contributed by atoms with van der Waals surface area (Å²) in [7, 11) is -3.29. The smallest absolute Gasteiger partial charge is 0.219 e. The van der Waals surface area contributed by atoms with Crippen LogP contribution in [0.15, 0.2) is 96.4 Å². The summed E-state index contributed by atoms with van der Waals surface area (Å²) in [5.74, 6) is -0.608. The van der Waals surface area contributed by atoms with Crippen molar-refractivity contribution in [2.75, 3.05) is 12.1 Å². The van der Waals surface area contributed by atoms with Gasteiger partial charge in [0.2, 0.25) is 5.91 Å². The lowest BCUT2D eigenvalue weighted by Gasteiger charge is -2.26. The lowest BCUT2D eigenvalue weighted by Crippen LogP contribution is -2.25. The summed E-state index contributed by atoms with van der Waals surface area (Å²) < 4.78 is 28.0. The lowest BCUT2D eigenvalue weighted by atomic mass is 9.78. The third-order valence-electron chi connectivity index (χ3n) is 9.44. The Balaban J connectivity index is 0.000000269. The first-order chi connectivity index (χ1) is 23.8. The van der Waals surface area contributed by atoms with Gasteiger partial charge in [-0.15, -0.1) is 11.3 Å². The first kappa shape index (κ1) is 33.2. The minimum Gasteiger partial charge on any atom is -0.370 e. The minimum atomic E-state index is -3.29. The van der Waals surface area contributed by atoms with E-state index in [2.05, 4.69) is 78.3 Å². The average molecular weight is 693 g/mol. The van der Waals surface area contributed by atoms with Gasteiger partial charge in [0, 0.05) is 34.6 Å². The molecule has 0 saturated carbocycles. The second kappa shape index (κ2) is 14.7. The van der Waals surface area contributed by atoms with Gasteiger partial charge < -0.3 is 10.5 Å². The van der Waals surface area contributed by atoms with Crippen molar-refractivity contribution in [3.05, 3.63) is 124 Å².